The molecule has 1 atom stereocenters. The van der Waals surface area contributed by atoms with Gasteiger partial charge in [0.05, 0.1) is 11.0 Å². The summed E-state index contributed by atoms with van der Waals surface area (Å²) < 4.78 is 1.91. The molecular formula is C22H18N4S. The number of nitrogens with zero attached hydrogens (tertiary/aromatic N) is 4. The molecule has 0 fully saturated rings. The molecule has 1 aliphatic heterocycles. The molecule has 0 saturated carbocycles. The summed E-state index contributed by atoms with van der Waals surface area (Å²) in [5, 5.41) is 17.3. The van der Waals surface area contributed by atoms with E-state index in [0.717, 1.165) is 22.3 Å². The maximum absolute atomic E-state index is 4.92. The lowest BCUT2D eigenvalue weighted by Crippen LogP contribution is -2.22. The molecule has 1 aliphatic rings. The third-order valence-corrected chi connectivity index (χ3v) is 5.89. The van der Waals surface area contributed by atoms with Crippen molar-refractivity contribution in [3.05, 3.63) is 89.7 Å². The Morgan fingerprint density at radius 2 is 1.67 bits per heavy atom. The van der Waals surface area contributed by atoms with Gasteiger partial charge in [-0.2, -0.15) is 9.78 Å². The van der Waals surface area contributed by atoms with E-state index >= 15 is 0 Å². The third kappa shape index (κ3) is 2.94. The number of rotatable bonds is 3. The molecule has 0 bridgehead atoms. The van der Waals surface area contributed by atoms with Crippen LogP contribution in [0.2, 0.25) is 0 Å². The minimum Gasteiger partial charge on any atom is -0.191 e. The summed E-state index contributed by atoms with van der Waals surface area (Å²) >= 11 is 1.71. The fraction of sp³-hybridized carbons (Fsp3) is 0.136. The Labute approximate surface area is 161 Å². The number of aromatic nitrogens is 3. The molecule has 0 unspecified atom stereocenters. The summed E-state index contributed by atoms with van der Waals surface area (Å²) in [6, 6.07) is 25.2. The predicted molar refractivity (Wildman–Crippen MR) is 110 cm³/mol. The summed E-state index contributed by atoms with van der Waals surface area (Å²) in [7, 11) is 0. The SMILES string of the molecule is C[C@@H]1Sc2nnc(Cc3cccc4ccccc34)n2N=C1c1ccccc1. The van der Waals surface area contributed by atoms with Gasteiger partial charge in [0.1, 0.15) is 0 Å². The van der Waals surface area contributed by atoms with Gasteiger partial charge in [-0.1, -0.05) is 84.6 Å². The Morgan fingerprint density at radius 1 is 0.889 bits per heavy atom. The van der Waals surface area contributed by atoms with E-state index in [2.05, 4.69) is 71.7 Å². The van der Waals surface area contributed by atoms with Crippen molar-refractivity contribution in [3.8, 4) is 0 Å². The van der Waals surface area contributed by atoms with Gasteiger partial charge in [0.25, 0.3) is 0 Å². The lowest BCUT2D eigenvalue weighted by Gasteiger charge is -2.20. The summed E-state index contributed by atoms with van der Waals surface area (Å²) in [6.45, 7) is 2.17. The van der Waals surface area contributed by atoms with E-state index in [4.69, 9.17) is 5.10 Å². The van der Waals surface area contributed by atoms with Crippen LogP contribution in [0.15, 0.2) is 83.1 Å². The number of fused-ring (bicyclic) bond motifs is 2. The molecule has 132 valence electrons. The zero-order chi connectivity index (χ0) is 18.2. The third-order valence-electron chi connectivity index (χ3n) is 4.85. The Kier molecular flexibility index (Phi) is 4.02. The largest absolute Gasteiger partial charge is 0.212 e. The lowest BCUT2D eigenvalue weighted by molar-refractivity contribution is 0.714. The van der Waals surface area contributed by atoms with Crippen molar-refractivity contribution in [1.82, 2.24) is 14.9 Å². The van der Waals surface area contributed by atoms with E-state index in [9.17, 15) is 0 Å². The van der Waals surface area contributed by atoms with Gasteiger partial charge in [-0.25, -0.2) is 0 Å². The van der Waals surface area contributed by atoms with E-state index in [0.29, 0.717) is 6.42 Å². The minimum absolute atomic E-state index is 0.245. The highest BCUT2D eigenvalue weighted by molar-refractivity contribution is 8.00. The Morgan fingerprint density at radius 3 is 2.56 bits per heavy atom. The second-order valence-electron chi connectivity index (χ2n) is 6.64. The Bertz CT molecular complexity index is 1140. The van der Waals surface area contributed by atoms with E-state index in [-0.39, 0.29) is 5.25 Å². The van der Waals surface area contributed by atoms with E-state index in [1.807, 2.05) is 22.9 Å². The average molecular weight is 370 g/mol. The van der Waals surface area contributed by atoms with Crippen molar-refractivity contribution in [3.63, 3.8) is 0 Å². The molecule has 4 nitrogen and oxygen atoms in total. The quantitative estimate of drug-likeness (QED) is 0.522. The molecule has 1 aromatic heterocycles. The van der Waals surface area contributed by atoms with Crippen LogP contribution in [0.5, 0.6) is 0 Å². The van der Waals surface area contributed by atoms with E-state index < -0.39 is 0 Å². The first-order valence-electron chi connectivity index (χ1n) is 9.01. The van der Waals surface area contributed by atoms with Crippen LogP contribution >= 0.6 is 11.8 Å². The van der Waals surface area contributed by atoms with Gasteiger partial charge < -0.3 is 0 Å². The maximum atomic E-state index is 4.92. The minimum atomic E-state index is 0.245. The van der Waals surface area contributed by atoms with Crippen molar-refractivity contribution in [2.75, 3.05) is 0 Å². The number of thioether (sulfide) groups is 1. The highest BCUT2D eigenvalue weighted by Gasteiger charge is 2.25. The fourth-order valence-electron chi connectivity index (χ4n) is 3.50. The topological polar surface area (TPSA) is 43.1 Å². The molecule has 27 heavy (non-hydrogen) atoms. The first-order valence-corrected chi connectivity index (χ1v) is 9.89. The average Bonchev–Trinajstić information content (AvgIpc) is 3.10. The number of hydrogen-bond donors (Lipinski definition) is 0. The molecule has 2 heterocycles. The van der Waals surface area contributed by atoms with Gasteiger partial charge in [-0.15, -0.1) is 10.2 Å². The normalized spacial score (nSPS) is 16.2. The Hall–Kier alpha value is -2.92. The van der Waals surface area contributed by atoms with E-state index in [1.165, 1.54) is 16.3 Å². The van der Waals surface area contributed by atoms with Crippen molar-refractivity contribution in [2.24, 2.45) is 5.10 Å². The summed E-state index contributed by atoms with van der Waals surface area (Å²) in [5.41, 5.74) is 3.45. The molecule has 4 aromatic rings. The van der Waals surface area contributed by atoms with Gasteiger partial charge in [0, 0.05) is 6.42 Å². The fourth-order valence-corrected chi connectivity index (χ4v) is 4.45. The molecule has 5 heteroatoms. The molecule has 0 radical (unpaired) electrons. The molecular weight excluding hydrogens is 352 g/mol. The molecule has 0 amide bonds. The zero-order valence-corrected chi connectivity index (χ0v) is 15.7. The second kappa shape index (κ2) is 6.67. The van der Waals surface area contributed by atoms with Crippen LogP contribution in [0.25, 0.3) is 10.8 Å². The van der Waals surface area contributed by atoms with Gasteiger partial charge in [-0.3, -0.25) is 0 Å². The highest BCUT2D eigenvalue weighted by Crippen LogP contribution is 2.31. The maximum Gasteiger partial charge on any atom is 0.212 e. The summed E-state index contributed by atoms with van der Waals surface area (Å²) in [6.07, 6.45) is 0.703. The highest BCUT2D eigenvalue weighted by atomic mass is 32.2. The summed E-state index contributed by atoms with van der Waals surface area (Å²) in [4.78, 5) is 0. The molecule has 0 N–H and O–H groups in total. The molecule has 3 aromatic carbocycles. The van der Waals surface area contributed by atoms with Gasteiger partial charge in [-0.05, 0) is 28.8 Å². The first kappa shape index (κ1) is 16.3. The van der Waals surface area contributed by atoms with Crippen LogP contribution in [0.3, 0.4) is 0 Å². The van der Waals surface area contributed by atoms with Crippen LogP contribution in [-0.2, 0) is 6.42 Å². The Balaban J connectivity index is 1.57. The predicted octanol–water partition coefficient (Wildman–Crippen LogP) is 4.77. The van der Waals surface area contributed by atoms with Crippen LogP contribution < -0.4 is 0 Å². The van der Waals surface area contributed by atoms with Gasteiger partial charge in [0.2, 0.25) is 5.16 Å². The summed E-state index contributed by atoms with van der Waals surface area (Å²) in [5.74, 6) is 0.870. The first-order chi connectivity index (χ1) is 13.3. The standard InChI is InChI=1S/C22H18N4S/c1-15-21(17-9-3-2-4-10-17)25-26-20(23-24-22(26)27-15)14-18-12-7-11-16-8-5-6-13-19(16)18/h2-13,15H,14H2,1H3/t15-/m0/s1. The second-order valence-corrected chi connectivity index (χ2v) is 7.94. The van der Waals surface area contributed by atoms with Crippen LogP contribution in [0.4, 0.5) is 0 Å². The zero-order valence-electron chi connectivity index (χ0n) is 14.9. The van der Waals surface area contributed by atoms with Gasteiger partial charge >= 0.3 is 0 Å². The monoisotopic (exact) mass is 370 g/mol. The van der Waals surface area contributed by atoms with Crippen LogP contribution in [0.1, 0.15) is 23.9 Å². The molecule has 0 saturated heterocycles. The molecule has 5 rings (SSSR count). The van der Waals surface area contributed by atoms with Crippen molar-refractivity contribution >= 4 is 28.2 Å². The molecule has 0 spiro atoms. The molecule has 0 aliphatic carbocycles. The lowest BCUT2D eigenvalue weighted by atomic mass is 10.0. The van der Waals surface area contributed by atoms with Crippen LogP contribution in [0, 0.1) is 0 Å². The number of benzene rings is 3. The van der Waals surface area contributed by atoms with Crippen LogP contribution in [-0.4, -0.2) is 25.8 Å². The smallest absolute Gasteiger partial charge is 0.191 e. The van der Waals surface area contributed by atoms with Crippen molar-refractivity contribution in [2.45, 2.75) is 23.8 Å². The van der Waals surface area contributed by atoms with Crippen molar-refractivity contribution in [1.29, 1.82) is 0 Å². The van der Waals surface area contributed by atoms with Crippen molar-refractivity contribution < 1.29 is 0 Å². The number of hydrogen-bond acceptors (Lipinski definition) is 4. The van der Waals surface area contributed by atoms with E-state index in [1.54, 1.807) is 11.8 Å². The van der Waals surface area contributed by atoms with Gasteiger partial charge in [0.15, 0.2) is 5.82 Å².